The van der Waals surface area contributed by atoms with E-state index in [0.29, 0.717) is 42.9 Å². The van der Waals surface area contributed by atoms with Gasteiger partial charge in [0.15, 0.2) is 5.69 Å². The molecule has 1 aromatic carbocycles. The molecule has 10 nitrogen and oxygen atoms in total. The van der Waals surface area contributed by atoms with Gasteiger partial charge < -0.3 is 10.2 Å². The van der Waals surface area contributed by atoms with Crippen LogP contribution in [0.25, 0.3) is 5.69 Å². The summed E-state index contributed by atoms with van der Waals surface area (Å²) in [6, 6.07) is 11.0. The first-order valence-corrected chi connectivity index (χ1v) is 9.82. The Labute approximate surface area is 177 Å². The van der Waals surface area contributed by atoms with E-state index in [-0.39, 0.29) is 23.5 Å². The minimum atomic E-state index is -0.468. The SMILES string of the molecule is O=C(NC1CCN(C(=O)c2ccn(-c3ccc([N+](=O)[O-])cc3)n2)CC1)c1cccnc1. The first-order valence-electron chi connectivity index (χ1n) is 9.82. The zero-order valence-corrected chi connectivity index (χ0v) is 16.5. The van der Waals surface area contributed by atoms with E-state index >= 15 is 0 Å². The number of aromatic nitrogens is 3. The van der Waals surface area contributed by atoms with Gasteiger partial charge in [-0.1, -0.05) is 0 Å². The third-order valence-electron chi connectivity index (χ3n) is 5.17. The predicted molar refractivity (Wildman–Crippen MR) is 111 cm³/mol. The first kappa shape index (κ1) is 20.2. The number of benzene rings is 1. The summed E-state index contributed by atoms with van der Waals surface area (Å²) in [6.45, 7) is 1.03. The van der Waals surface area contributed by atoms with Gasteiger partial charge in [-0.15, -0.1) is 0 Å². The average Bonchev–Trinajstić information content (AvgIpc) is 3.30. The smallest absolute Gasteiger partial charge is 0.274 e. The summed E-state index contributed by atoms with van der Waals surface area (Å²) in [5.41, 5.74) is 1.43. The van der Waals surface area contributed by atoms with Crippen molar-refractivity contribution in [1.82, 2.24) is 25.0 Å². The molecule has 2 aromatic heterocycles. The highest BCUT2D eigenvalue weighted by molar-refractivity contribution is 5.94. The second kappa shape index (κ2) is 8.74. The Hall–Kier alpha value is -4.08. The molecule has 0 bridgehead atoms. The number of nitro benzene ring substituents is 1. The number of nitrogens with one attached hydrogen (secondary N) is 1. The molecule has 158 valence electrons. The highest BCUT2D eigenvalue weighted by Crippen LogP contribution is 2.17. The Morgan fingerprint density at radius 3 is 2.48 bits per heavy atom. The van der Waals surface area contributed by atoms with Crippen molar-refractivity contribution in [3.05, 3.63) is 82.4 Å². The normalized spacial score (nSPS) is 14.3. The maximum atomic E-state index is 12.8. The molecule has 3 heterocycles. The van der Waals surface area contributed by atoms with E-state index in [0.717, 1.165) is 0 Å². The average molecular weight is 420 g/mol. The van der Waals surface area contributed by atoms with Gasteiger partial charge in [-0.05, 0) is 43.2 Å². The monoisotopic (exact) mass is 420 g/mol. The minimum Gasteiger partial charge on any atom is -0.349 e. The van der Waals surface area contributed by atoms with E-state index in [1.807, 2.05) is 0 Å². The van der Waals surface area contributed by atoms with E-state index in [1.165, 1.54) is 23.0 Å². The summed E-state index contributed by atoms with van der Waals surface area (Å²) in [5, 5.41) is 18.1. The van der Waals surface area contributed by atoms with Gasteiger partial charge in [0.05, 0.1) is 16.2 Å². The van der Waals surface area contributed by atoms with Gasteiger partial charge in [-0.2, -0.15) is 5.10 Å². The van der Waals surface area contributed by atoms with Crippen LogP contribution in [0.3, 0.4) is 0 Å². The van der Waals surface area contributed by atoms with Crippen LogP contribution in [0.1, 0.15) is 33.7 Å². The molecule has 3 aromatic rings. The zero-order chi connectivity index (χ0) is 21.8. The molecule has 0 saturated carbocycles. The van der Waals surface area contributed by atoms with Crippen molar-refractivity contribution >= 4 is 17.5 Å². The number of carbonyl (C=O) groups is 2. The van der Waals surface area contributed by atoms with Gasteiger partial charge in [0.1, 0.15) is 0 Å². The second-order valence-electron chi connectivity index (χ2n) is 7.20. The Morgan fingerprint density at radius 1 is 1.10 bits per heavy atom. The third-order valence-corrected chi connectivity index (χ3v) is 5.17. The number of pyridine rings is 1. The molecule has 1 saturated heterocycles. The van der Waals surface area contributed by atoms with Crippen molar-refractivity contribution in [3.8, 4) is 5.69 Å². The van der Waals surface area contributed by atoms with Gasteiger partial charge in [-0.25, -0.2) is 4.68 Å². The maximum Gasteiger partial charge on any atom is 0.274 e. The quantitative estimate of drug-likeness (QED) is 0.499. The summed E-state index contributed by atoms with van der Waals surface area (Å²) in [6.07, 6.45) is 6.09. The van der Waals surface area contributed by atoms with Crippen LogP contribution in [0, 0.1) is 10.1 Å². The molecule has 0 spiro atoms. The number of nitro groups is 1. The lowest BCUT2D eigenvalue weighted by molar-refractivity contribution is -0.384. The first-order chi connectivity index (χ1) is 15.0. The van der Waals surface area contributed by atoms with Crippen LogP contribution in [0.2, 0.25) is 0 Å². The molecular formula is C21H20N6O4. The number of hydrogen-bond acceptors (Lipinski definition) is 6. The van der Waals surface area contributed by atoms with Crippen LogP contribution in [0.4, 0.5) is 5.69 Å². The fourth-order valence-electron chi connectivity index (χ4n) is 3.46. The van der Waals surface area contributed by atoms with Crippen molar-refractivity contribution in [2.24, 2.45) is 0 Å². The molecule has 31 heavy (non-hydrogen) atoms. The lowest BCUT2D eigenvalue weighted by atomic mass is 10.0. The van der Waals surface area contributed by atoms with Crippen LogP contribution in [-0.4, -0.2) is 55.5 Å². The highest BCUT2D eigenvalue weighted by Gasteiger charge is 2.26. The second-order valence-corrected chi connectivity index (χ2v) is 7.20. The van der Waals surface area contributed by atoms with E-state index < -0.39 is 4.92 Å². The van der Waals surface area contributed by atoms with Gasteiger partial charge in [-0.3, -0.25) is 24.7 Å². The van der Waals surface area contributed by atoms with E-state index in [2.05, 4.69) is 15.4 Å². The topological polar surface area (TPSA) is 123 Å². The van der Waals surface area contributed by atoms with Crippen molar-refractivity contribution in [2.75, 3.05) is 13.1 Å². The van der Waals surface area contributed by atoms with Crippen molar-refractivity contribution in [3.63, 3.8) is 0 Å². The molecule has 1 aliphatic heterocycles. The Morgan fingerprint density at radius 2 is 1.84 bits per heavy atom. The molecule has 0 atom stereocenters. The molecular weight excluding hydrogens is 400 g/mol. The van der Waals surface area contributed by atoms with Crippen LogP contribution in [0.15, 0.2) is 61.1 Å². The van der Waals surface area contributed by atoms with Crippen LogP contribution in [-0.2, 0) is 0 Å². The summed E-state index contributed by atoms with van der Waals surface area (Å²) in [5.74, 6) is -0.350. The molecule has 1 N–H and O–H groups in total. The zero-order valence-electron chi connectivity index (χ0n) is 16.5. The number of non-ortho nitro benzene ring substituents is 1. The van der Waals surface area contributed by atoms with Gasteiger partial charge >= 0.3 is 0 Å². The number of rotatable bonds is 5. The third kappa shape index (κ3) is 4.58. The van der Waals surface area contributed by atoms with Crippen LogP contribution < -0.4 is 5.32 Å². The number of amides is 2. The lowest BCUT2D eigenvalue weighted by Crippen LogP contribution is -2.46. The van der Waals surface area contributed by atoms with E-state index in [9.17, 15) is 19.7 Å². The summed E-state index contributed by atoms with van der Waals surface area (Å²) < 4.78 is 1.51. The molecule has 2 amide bonds. The Kier molecular flexibility index (Phi) is 5.69. The number of hydrogen-bond donors (Lipinski definition) is 1. The summed E-state index contributed by atoms with van der Waals surface area (Å²) >= 11 is 0. The van der Waals surface area contributed by atoms with Gasteiger partial charge in [0.2, 0.25) is 0 Å². The van der Waals surface area contributed by atoms with Crippen LogP contribution in [0.5, 0.6) is 0 Å². The molecule has 0 aliphatic carbocycles. The fourth-order valence-corrected chi connectivity index (χ4v) is 3.46. The van der Waals surface area contributed by atoms with Crippen LogP contribution >= 0.6 is 0 Å². The number of piperidine rings is 1. The summed E-state index contributed by atoms with van der Waals surface area (Å²) in [4.78, 5) is 41.0. The number of carbonyl (C=O) groups excluding carboxylic acids is 2. The van der Waals surface area contributed by atoms with E-state index in [1.54, 1.807) is 47.6 Å². The highest BCUT2D eigenvalue weighted by atomic mass is 16.6. The standard InChI is InChI=1S/C21H20N6O4/c28-20(15-2-1-10-22-14-15)23-16-7-11-25(12-8-16)21(29)19-9-13-26(24-19)17-3-5-18(6-4-17)27(30)31/h1-6,9-10,13-14,16H,7-8,11-12H2,(H,23,28). The maximum absolute atomic E-state index is 12.8. The van der Waals surface area contributed by atoms with Crippen molar-refractivity contribution < 1.29 is 14.5 Å². The largest absolute Gasteiger partial charge is 0.349 e. The number of likely N-dealkylation sites (tertiary alicyclic amines) is 1. The summed E-state index contributed by atoms with van der Waals surface area (Å²) in [7, 11) is 0. The van der Waals surface area contributed by atoms with E-state index in [4.69, 9.17) is 0 Å². The van der Waals surface area contributed by atoms with Crippen molar-refractivity contribution in [1.29, 1.82) is 0 Å². The lowest BCUT2D eigenvalue weighted by Gasteiger charge is -2.32. The van der Waals surface area contributed by atoms with Gasteiger partial charge in [0.25, 0.3) is 17.5 Å². The number of nitrogens with zero attached hydrogens (tertiary/aromatic N) is 5. The molecule has 1 fully saturated rings. The molecule has 10 heteroatoms. The Bertz CT molecular complexity index is 1090. The van der Waals surface area contributed by atoms with Crippen molar-refractivity contribution in [2.45, 2.75) is 18.9 Å². The minimum absolute atomic E-state index is 0.00516. The predicted octanol–water partition coefficient (Wildman–Crippen LogP) is 2.21. The molecule has 1 aliphatic rings. The van der Waals surface area contributed by atoms with Gasteiger partial charge in [0, 0.05) is 49.9 Å². The molecule has 0 unspecified atom stereocenters. The Balaban J connectivity index is 1.34. The molecule has 4 rings (SSSR count). The fraction of sp³-hybridized carbons (Fsp3) is 0.238. The molecule has 0 radical (unpaired) electrons.